The van der Waals surface area contributed by atoms with E-state index in [0.717, 1.165) is 0 Å². The Labute approximate surface area is 128 Å². The van der Waals surface area contributed by atoms with Gasteiger partial charge in [0, 0.05) is 5.56 Å². The lowest BCUT2D eigenvalue weighted by atomic mass is 10.1. The number of benzene rings is 2. The normalized spacial score (nSPS) is 11.7. The zero-order valence-electron chi connectivity index (χ0n) is 12.3. The number of aromatic hydroxyl groups is 1. The fraction of sp³-hybridized carbons (Fsp3) is 0.235. The highest BCUT2D eigenvalue weighted by Gasteiger charge is 2.11. The minimum atomic E-state index is -0.435. The molecule has 2 rings (SSSR count). The molecular formula is C17H18FNO3. The third kappa shape index (κ3) is 4.48. The molecule has 0 aliphatic heterocycles. The van der Waals surface area contributed by atoms with Gasteiger partial charge in [0.25, 0.3) is 0 Å². The van der Waals surface area contributed by atoms with Crippen LogP contribution in [0.2, 0.25) is 0 Å². The molecule has 0 fully saturated rings. The van der Waals surface area contributed by atoms with Crippen molar-refractivity contribution in [3.05, 3.63) is 59.9 Å². The molecule has 4 nitrogen and oxygen atoms in total. The Bertz CT molecular complexity index is 645. The van der Waals surface area contributed by atoms with Gasteiger partial charge in [0.15, 0.2) is 11.6 Å². The van der Waals surface area contributed by atoms with Crippen LogP contribution in [0.1, 0.15) is 12.5 Å². The molecule has 0 heterocycles. The van der Waals surface area contributed by atoms with Crippen LogP contribution in [0.25, 0.3) is 0 Å². The predicted octanol–water partition coefficient (Wildman–Crippen LogP) is 2.66. The molecule has 0 unspecified atom stereocenters. The van der Waals surface area contributed by atoms with E-state index in [1.807, 2.05) is 0 Å². The maximum atomic E-state index is 13.4. The summed E-state index contributed by atoms with van der Waals surface area (Å²) in [4.78, 5) is 11.8. The van der Waals surface area contributed by atoms with Gasteiger partial charge < -0.3 is 15.2 Å². The smallest absolute Gasteiger partial charge is 0.224 e. The Morgan fingerprint density at radius 1 is 1.23 bits per heavy atom. The first-order valence-corrected chi connectivity index (χ1v) is 7.01. The first-order chi connectivity index (χ1) is 10.6. The van der Waals surface area contributed by atoms with Crippen LogP contribution in [-0.2, 0) is 11.2 Å². The van der Waals surface area contributed by atoms with Crippen LogP contribution in [-0.4, -0.2) is 23.7 Å². The number of carbonyl (C=O) groups is 1. The van der Waals surface area contributed by atoms with Crippen molar-refractivity contribution >= 4 is 5.91 Å². The van der Waals surface area contributed by atoms with Gasteiger partial charge in [0.1, 0.15) is 11.9 Å². The quantitative estimate of drug-likeness (QED) is 0.862. The van der Waals surface area contributed by atoms with Gasteiger partial charge in [-0.2, -0.15) is 0 Å². The average Bonchev–Trinajstić information content (AvgIpc) is 2.50. The maximum Gasteiger partial charge on any atom is 0.224 e. The highest BCUT2D eigenvalue weighted by atomic mass is 19.1. The highest BCUT2D eigenvalue weighted by Crippen LogP contribution is 2.17. The Morgan fingerprint density at radius 2 is 1.91 bits per heavy atom. The summed E-state index contributed by atoms with van der Waals surface area (Å²) in [6, 6.07) is 12.8. The lowest BCUT2D eigenvalue weighted by Crippen LogP contribution is -2.34. The van der Waals surface area contributed by atoms with Crippen molar-refractivity contribution < 1.29 is 19.0 Å². The molecule has 0 aliphatic carbocycles. The van der Waals surface area contributed by atoms with E-state index in [9.17, 15) is 14.3 Å². The standard InChI is InChI=1S/C17H18FNO3/c1-12(22-16-9-5-3-7-14(16)18)11-19-17(21)10-13-6-2-4-8-15(13)20/h2-9,12,20H,10-11H2,1H3,(H,19,21)/t12-/m1/s1. The zero-order chi connectivity index (χ0) is 15.9. The summed E-state index contributed by atoms with van der Waals surface area (Å²) in [5, 5.41) is 12.3. The number of amides is 1. The molecule has 1 atom stereocenters. The molecule has 0 saturated heterocycles. The molecule has 1 amide bonds. The number of ether oxygens (including phenoxy) is 1. The molecule has 2 aromatic carbocycles. The molecule has 5 heteroatoms. The minimum Gasteiger partial charge on any atom is -0.508 e. The first kappa shape index (κ1) is 15.8. The van der Waals surface area contributed by atoms with Gasteiger partial charge in [0.2, 0.25) is 5.91 Å². The van der Waals surface area contributed by atoms with Crippen LogP contribution in [0.5, 0.6) is 11.5 Å². The average molecular weight is 303 g/mol. The minimum absolute atomic E-state index is 0.0824. The van der Waals surface area contributed by atoms with Crippen LogP contribution in [0.3, 0.4) is 0 Å². The number of rotatable bonds is 6. The van der Waals surface area contributed by atoms with E-state index >= 15 is 0 Å². The second-order valence-electron chi connectivity index (χ2n) is 4.97. The summed E-state index contributed by atoms with van der Waals surface area (Å²) < 4.78 is 18.9. The SMILES string of the molecule is C[C@H](CNC(=O)Cc1ccccc1O)Oc1ccccc1F. The second-order valence-corrected chi connectivity index (χ2v) is 4.97. The molecule has 2 N–H and O–H groups in total. The Kier molecular flexibility index (Phi) is 5.36. The number of carbonyl (C=O) groups excluding carboxylic acids is 1. The van der Waals surface area contributed by atoms with E-state index in [4.69, 9.17) is 4.74 Å². The third-order valence-electron chi connectivity index (χ3n) is 3.09. The van der Waals surface area contributed by atoms with Crippen molar-refractivity contribution in [3.63, 3.8) is 0 Å². The summed E-state index contributed by atoms with van der Waals surface area (Å²) >= 11 is 0. The van der Waals surface area contributed by atoms with Crippen molar-refractivity contribution in [1.82, 2.24) is 5.32 Å². The lowest BCUT2D eigenvalue weighted by Gasteiger charge is -2.16. The molecule has 0 aromatic heterocycles. The van der Waals surface area contributed by atoms with E-state index in [1.165, 1.54) is 18.2 Å². The van der Waals surface area contributed by atoms with Gasteiger partial charge in [-0.3, -0.25) is 4.79 Å². The number of halogens is 1. The van der Waals surface area contributed by atoms with Gasteiger partial charge in [0.05, 0.1) is 13.0 Å². The lowest BCUT2D eigenvalue weighted by molar-refractivity contribution is -0.120. The molecule has 116 valence electrons. The fourth-order valence-electron chi connectivity index (χ4n) is 1.95. The Morgan fingerprint density at radius 3 is 2.64 bits per heavy atom. The van der Waals surface area contributed by atoms with Crippen LogP contribution < -0.4 is 10.1 Å². The van der Waals surface area contributed by atoms with E-state index < -0.39 is 5.82 Å². The Balaban J connectivity index is 1.81. The predicted molar refractivity (Wildman–Crippen MR) is 81.3 cm³/mol. The topological polar surface area (TPSA) is 58.6 Å². The number of nitrogens with one attached hydrogen (secondary N) is 1. The molecule has 0 spiro atoms. The maximum absolute atomic E-state index is 13.4. The number of hydrogen-bond acceptors (Lipinski definition) is 3. The van der Waals surface area contributed by atoms with E-state index in [1.54, 1.807) is 37.3 Å². The summed E-state index contributed by atoms with van der Waals surface area (Å²) in [6.45, 7) is 1.99. The second kappa shape index (κ2) is 7.45. The Hall–Kier alpha value is -2.56. The van der Waals surface area contributed by atoms with Gasteiger partial charge >= 0.3 is 0 Å². The molecule has 0 saturated carbocycles. The van der Waals surface area contributed by atoms with Crippen LogP contribution in [0, 0.1) is 5.82 Å². The summed E-state index contributed by atoms with van der Waals surface area (Å²) in [7, 11) is 0. The summed E-state index contributed by atoms with van der Waals surface area (Å²) in [5.74, 6) is -0.418. The zero-order valence-corrected chi connectivity index (χ0v) is 12.3. The van der Waals surface area contributed by atoms with Crippen molar-refractivity contribution in [2.75, 3.05) is 6.54 Å². The van der Waals surface area contributed by atoms with Gasteiger partial charge in [-0.15, -0.1) is 0 Å². The molecule has 22 heavy (non-hydrogen) atoms. The fourth-order valence-corrected chi connectivity index (χ4v) is 1.95. The summed E-state index contributed by atoms with van der Waals surface area (Å²) in [5.41, 5.74) is 0.558. The van der Waals surface area contributed by atoms with Gasteiger partial charge in [-0.05, 0) is 25.1 Å². The van der Waals surface area contributed by atoms with E-state index in [0.29, 0.717) is 5.56 Å². The van der Waals surface area contributed by atoms with Gasteiger partial charge in [-0.25, -0.2) is 4.39 Å². The molecular weight excluding hydrogens is 285 g/mol. The van der Waals surface area contributed by atoms with Gasteiger partial charge in [-0.1, -0.05) is 30.3 Å². The van der Waals surface area contributed by atoms with E-state index in [-0.39, 0.29) is 36.5 Å². The first-order valence-electron chi connectivity index (χ1n) is 7.01. The van der Waals surface area contributed by atoms with Crippen molar-refractivity contribution in [3.8, 4) is 11.5 Å². The van der Waals surface area contributed by atoms with Crippen LogP contribution >= 0.6 is 0 Å². The number of hydrogen-bond donors (Lipinski definition) is 2. The number of phenols is 1. The van der Waals surface area contributed by atoms with Crippen LogP contribution in [0.15, 0.2) is 48.5 Å². The third-order valence-corrected chi connectivity index (χ3v) is 3.09. The monoisotopic (exact) mass is 303 g/mol. The summed E-state index contributed by atoms with van der Waals surface area (Å²) in [6.07, 6.45) is -0.288. The number of phenolic OH excluding ortho intramolecular Hbond substituents is 1. The molecule has 2 aromatic rings. The largest absolute Gasteiger partial charge is 0.508 e. The van der Waals surface area contributed by atoms with Crippen molar-refractivity contribution in [2.45, 2.75) is 19.4 Å². The molecule has 0 aliphatic rings. The van der Waals surface area contributed by atoms with E-state index in [2.05, 4.69) is 5.32 Å². The van der Waals surface area contributed by atoms with Crippen molar-refractivity contribution in [2.24, 2.45) is 0 Å². The van der Waals surface area contributed by atoms with Crippen molar-refractivity contribution in [1.29, 1.82) is 0 Å². The van der Waals surface area contributed by atoms with Crippen LogP contribution in [0.4, 0.5) is 4.39 Å². The molecule has 0 radical (unpaired) electrons. The number of para-hydroxylation sites is 2. The highest BCUT2D eigenvalue weighted by molar-refractivity contribution is 5.79. The molecule has 0 bridgehead atoms.